The topological polar surface area (TPSA) is 66.8 Å². The molecule has 0 saturated heterocycles. The van der Waals surface area contributed by atoms with Crippen LogP contribution >= 0.6 is 0 Å². The van der Waals surface area contributed by atoms with Gasteiger partial charge in [0.25, 0.3) is 5.91 Å². The van der Waals surface area contributed by atoms with Crippen LogP contribution < -0.4 is 9.64 Å². The second kappa shape index (κ2) is 6.58. The van der Waals surface area contributed by atoms with E-state index in [1.165, 1.54) is 4.90 Å². The van der Waals surface area contributed by atoms with Crippen LogP contribution in [0.5, 0.6) is 5.75 Å². The molecule has 4 rings (SSSR count). The molecule has 2 aliphatic rings. The fourth-order valence-corrected chi connectivity index (χ4v) is 3.50. The lowest BCUT2D eigenvalue weighted by molar-refractivity contribution is -0.118. The van der Waals surface area contributed by atoms with Crippen LogP contribution in [0.4, 0.5) is 5.69 Å². The predicted octanol–water partition coefficient (Wildman–Crippen LogP) is 3.88. The Bertz CT molecular complexity index is 924. The number of hydrogen-bond acceptors (Lipinski definition) is 4. The number of amides is 1. The minimum Gasteiger partial charge on any atom is -0.503 e. The molecule has 2 aromatic rings. The molecular formula is C22H21NO4. The van der Waals surface area contributed by atoms with Crippen LogP contribution in [0.3, 0.4) is 0 Å². The molecule has 1 unspecified atom stereocenters. The van der Waals surface area contributed by atoms with E-state index in [9.17, 15) is 14.7 Å². The van der Waals surface area contributed by atoms with Crippen LogP contribution in [-0.4, -0.2) is 23.9 Å². The van der Waals surface area contributed by atoms with E-state index in [0.29, 0.717) is 11.4 Å². The molecule has 1 fully saturated rings. The number of nitrogens with zero attached hydrogens (tertiary/aromatic N) is 1. The van der Waals surface area contributed by atoms with E-state index in [2.05, 4.69) is 0 Å². The zero-order chi connectivity index (χ0) is 19.1. The highest BCUT2D eigenvalue weighted by atomic mass is 16.5. The lowest BCUT2D eigenvalue weighted by Crippen LogP contribution is -2.31. The smallest absolute Gasteiger partial charge is 0.294 e. The number of benzene rings is 2. The van der Waals surface area contributed by atoms with Crippen LogP contribution in [-0.2, 0) is 9.59 Å². The lowest BCUT2D eigenvalue weighted by atomic mass is 9.94. The maximum absolute atomic E-state index is 12.9. The number of anilines is 1. The number of carbonyl (C=O) groups excluding carboxylic acids is 2. The maximum Gasteiger partial charge on any atom is 0.294 e. The molecule has 2 aromatic carbocycles. The van der Waals surface area contributed by atoms with Gasteiger partial charge in [-0.3, -0.25) is 14.5 Å². The Morgan fingerprint density at radius 3 is 2.26 bits per heavy atom. The molecule has 138 valence electrons. The van der Waals surface area contributed by atoms with Gasteiger partial charge in [0.2, 0.25) is 0 Å². The number of Topliss-reactive ketones (excluding diaryl/α,β-unsaturated/α-hetero) is 1. The first-order valence-corrected chi connectivity index (χ1v) is 9.02. The third-order valence-electron chi connectivity index (χ3n) is 5.17. The number of aliphatic hydroxyl groups excluding tert-OH is 1. The van der Waals surface area contributed by atoms with E-state index in [0.717, 1.165) is 24.0 Å². The van der Waals surface area contributed by atoms with E-state index in [1.54, 1.807) is 19.2 Å². The fourth-order valence-electron chi connectivity index (χ4n) is 3.50. The molecule has 0 radical (unpaired) electrons. The molecule has 5 heteroatoms. The average molecular weight is 363 g/mol. The first-order valence-electron chi connectivity index (χ1n) is 9.02. The van der Waals surface area contributed by atoms with Gasteiger partial charge < -0.3 is 9.84 Å². The van der Waals surface area contributed by atoms with Crippen molar-refractivity contribution in [1.82, 2.24) is 0 Å². The third kappa shape index (κ3) is 2.99. The van der Waals surface area contributed by atoms with Crippen molar-refractivity contribution in [3.05, 3.63) is 71.0 Å². The van der Waals surface area contributed by atoms with Gasteiger partial charge in [-0.1, -0.05) is 29.8 Å². The number of rotatable bonds is 5. The second-order valence-electron chi connectivity index (χ2n) is 7.09. The predicted molar refractivity (Wildman–Crippen MR) is 102 cm³/mol. The van der Waals surface area contributed by atoms with Crippen molar-refractivity contribution in [1.29, 1.82) is 0 Å². The molecule has 1 saturated carbocycles. The Labute approximate surface area is 157 Å². The Kier molecular flexibility index (Phi) is 4.22. The number of aliphatic hydroxyl groups is 1. The molecule has 1 N–H and O–H groups in total. The summed E-state index contributed by atoms with van der Waals surface area (Å²) in [4.78, 5) is 27.3. The molecular weight excluding hydrogens is 342 g/mol. The number of methoxy groups -OCH3 is 1. The van der Waals surface area contributed by atoms with Gasteiger partial charge in [0, 0.05) is 11.6 Å². The van der Waals surface area contributed by atoms with Gasteiger partial charge in [0.15, 0.2) is 11.5 Å². The van der Waals surface area contributed by atoms with Gasteiger partial charge in [-0.15, -0.1) is 0 Å². The molecule has 5 nitrogen and oxygen atoms in total. The summed E-state index contributed by atoms with van der Waals surface area (Å²) in [5.74, 6) is -0.504. The Hall–Kier alpha value is -3.08. The average Bonchev–Trinajstić information content (AvgIpc) is 3.50. The van der Waals surface area contributed by atoms with Crippen molar-refractivity contribution in [3.8, 4) is 5.75 Å². The van der Waals surface area contributed by atoms with Gasteiger partial charge >= 0.3 is 0 Å². The Balaban J connectivity index is 1.83. The van der Waals surface area contributed by atoms with E-state index in [4.69, 9.17) is 4.74 Å². The molecule has 1 aliphatic carbocycles. The minimum absolute atomic E-state index is 0.0892. The minimum atomic E-state index is -0.640. The number of ether oxygens (including phenoxy) is 1. The molecule has 1 atom stereocenters. The van der Waals surface area contributed by atoms with Crippen molar-refractivity contribution in [3.63, 3.8) is 0 Å². The number of aryl methyl sites for hydroxylation is 1. The Morgan fingerprint density at radius 2 is 1.70 bits per heavy atom. The molecule has 1 aliphatic heterocycles. The zero-order valence-corrected chi connectivity index (χ0v) is 15.3. The van der Waals surface area contributed by atoms with E-state index >= 15 is 0 Å². The molecule has 0 bridgehead atoms. The van der Waals surface area contributed by atoms with Gasteiger partial charge in [-0.25, -0.2) is 0 Å². The van der Waals surface area contributed by atoms with E-state index < -0.39 is 17.7 Å². The van der Waals surface area contributed by atoms with Crippen LogP contribution in [0.1, 0.15) is 30.0 Å². The molecule has 0 aromatic heterocycles. The van der Waals surface area contributed by atoms with Crippen molar-refractivity contribution >= 4 is 17.4 Å². The molecule has 27 heavy (non-hydrogen) atoms. The fraction of sp³-hybridized carbons (Fsp3) is 0.273. The number of carbonyl (C=O) groups is 2. The summed E-state index contributed by atoms with van der Waals surface area (Å²) in [6.45, 7) is 1.97. The van der Waals surface area contributed by atoms with E-state index in [-0.39, 0.29) is 17.3 Å². The van der Waals surface area contributed by atoms with Gasteiger partial charge in [-0.2, -0.15) is 0 Å². The van der Waals surface area contributed by atoms with Crippen molar-refractivity contribution in [2.75, 3.05) is 12.0 Å². The largest absolute Gasteiger partial charge is 0.503 e. The van der Waals surface area contributed by atoms with Gasteiger partial charge in [0.05, 0.1) is 18.7 Å². The summed E-state index contributed by atoms with van der Waals surface area (Å²) in [6.07, 6.45) is 1.62. The zero-order valence-electron chi connectivity index (χ0n) is 15.3. The molecule has 0 spiro atoms. The van der Waals surface area contributed by atoms with Crippen molar-refractivity contribution < 1.29 is 19.4 Å². The van der Waals surface area contributed by atoms with Crippen LogP contribution in [0, 0.1) is 12.8 Å². The standard InChI is InChI=1S/C22H21NO4/c1-13-3-9-16(10-4-13)23-19(14-7-11-17(27-2)12-8-14)18(21(25)22(23)26)20(24)15-5-6-15/h3-4,7-12,15,19,25H,5-6H2,1-2H3. The monoisotopic (exact) mass is 363 g/mol. The van der Waals surface area contributed by atoms with Crippen molar-refractivity contribution in [2.24, 2.45) is 5.92 Å². The maximum atomic E-state index is 12.9. The van der Waals surface area contributed by atoms with Crippen LogP contribution in [0.2, 0.25) is 0 Å². The summed E-state index contributed by atoms with van der Waals surface area (Å²) in [5, 5.41) is 10.6. The summed E-state index contributed by atoms with van der Waals surface area (Å²) < 4.78 is 5.21. The van der Waals surface area contributed by atoms with E-state index in [1.807, 2.05) is 43.3 Å². The molecule has 1 heterocycles. The Morgan fingerprint density at radius 1 is 1.07 bits per heavy atom. The number of ketones is 1. The normalized spacial score (nSPS) is 19.6. The van der Waals surface area contributed by atoms with Gasteiger partial charge in [-0.05, 0) is 49.6 Å². The highest BCUT2D eigenvalue weighted by Crippen LogP contribution is 2.45. The second-order valence-corrected chi connectivity index (χ2v) is 7.09. The highest BCUT2D eigenvalue weighted by Gasteiger charge is 2.47. The van der Waals surface area contributed by atoms with Crippen LogP contribution in [0.15, 0.2) is 59.9 Å². The number of hydrogen-bond donors (Lipinski definition) is 1. The molecule has 1 amide bonds. The summed E-state index contributed by atoms with van der Waals surface area (Å²) in [6, 6.07) is 14.1. The summed E-state index contributed by atoms with van der Waals surface area (Å²) >= 11 is 0. The highest BCUT2D eigenvalue weighted by molar-refractivity contribution is 6.17. The third-order valence-corrected chi connectivity index (χ3v) is 5.17. The van der Waals surface area contributed by atoms with Crippen LogP contribution in [0.25, 0.3) is 0 Å². The first-order chi connectivity index (χ1) is 13.0. The quantitative estimate of drug-likeness (QED) is 0.875. The summed E-state index contributed by atoms with van der Waals surface area (Å²) in [7, 11) is 1.58. The summed E-state index contributed by atoms with van der Waals surface area (Å²) in [5.41, 5.74) is 2.68. The lowest BCUT2D eigenvalue weighted by Gasteiger charge is -2.27. The van der Waals surface area contributed by atoms with Gasteiger partial charge in [0.1, 0.15) is 5.75 Å². The SMILES string of the molecule is COc1ccc(C2C(C(=O)C3CC3)=C(O)C(=O)N2c2ccc(C)cc2)cc1. The first kappa shape index (κ1) is 17.3. The van der Waals surface area contributed by atoms with Crippen molar-refractivity contribution in [2.45, 2.75) is 25.8 Å².